The summed E-state index contributed by atoms with van der Waals surface area (Å²) in [6, 6.07) is 10.0. The molecule has 0 saturated carbocycles. The molecule has 0 radical (unpaired) electrons. The van der Waals surface area contributed by atoms with E-state index in [4.69, 9.17) is 9.52 Å². The van der Waals surface area contributed by atoms with Gasteiger partial charge in [0.15, 0.2) is 0 Å². The van der Waals surface area contributed by atoms with Crippen molar-refractivity contribution >= 4 is 44.3 Å². The first-order valence-corrected chi connectivity index (χ1v) is 8.11. The number of halogens is 3. The maximum atomic E-state index is 9.15. The van der Waals surface area contributed by atoms with Gasteiger partial charge in [0.25, 0.3) is 0 Å². The van der Waals surface area contributed by atoms with Gasteiger partial charge in [0.1, 0.15) is 11.5 Å². The maximum absolute atomic E-state index is 9.15. The average Bonchev–Trinajstić information content (AvgIpc) is 2.88. The van der Waals surface area contributed by atoms with Crippen LogP contribution in [0.3, 0.4) is 0 Å². The van der Waals surface area contributed by atoms with Gasteiger partial charge in [-0.3, -0.25) is 0 Å². The molecule has 0 spiro atoms. The van der Waals surface area contributed by atoms with E-state index in [1.807, 2.05) is 37.3 Å². The highest BCUT2D eigenvalue weighted by Crippen LogP contribution is 2.31. The molecule has 0 saturated heterocycles. The number of aliphatic hydroxyl groups is 1. The molecule has 2 rings (SSSR count). The van der Waals surface area contributed by atoms with Gasteiger partial charge in [0.2, 0.25) is 0 Å². The molecule has 1 atom stereocenters. The van der Waals surface area contributed by atoms with Gasteiger partial charge in [0.05, 0.1) is 13.2 Å². The zero-order chi connectivity index (χ0) is 14.5. The zero-order valence-electron chi connectivity index (χ0n) is 11.6. The van der Waals surface area contributed by atoms with Crippen LogP contribution < -0.4 is 5.32 Å². The van der Waals surface area contributed by atoms with E-state index in [1.165, 1.54) is 0 Å². The predicted molar refractivity (Wildman–Crippen MR) is 94.8 cm³/mol. The van der Waals surface area contributed by atoms with Crippen molar-refractivity contribution in [2.24, 2.45) is 0 Å². The van der Waals surface area contributed by atoms with E-state index in [-0.39, 0.29) is 25.1 Å². The Morgan fingerprint density at radius 3 is 2.62 bits per heavy atom. The maximum Gasteiger partial charge on any atom is 0.135 e. The van der Waals surface area contributed by atoms with Crippen LogP contribution in [0.25, 0.3) is 11.3 Å². The van der Waals surface area contributed by atoms with Crippen molar-refractivity contribution < 1.29 is 9.52 Å². The Balaban J connectivity index is 0.00000220. The fraction of sp³-hybridized carbons (Fsp3) is 0.333. The minimum absolute atomic E-state index is 0. The molecule has 2 N–H and O–H groups in total. The van der Waals surface area contributed by atoms with Crippen molar-refractivity contribution in [2.75, 3.05) is 6.61 Å². The van der Waals surface area contributed by atoms with Crippen LogP contribution in [0.5, 0.6) is 0 Å². The Morgan fingerprint density at radius 1 is 1.24 bits per heavy atom. The molecule has 0 amide bonds. The third kappa shape index (κ3) is 5.11. The lowest BCUT2D eigenvalue weighted by molar-refractivity contribution is 0.235. The van der Waals surface area contributed by atoms with Crippen LogP contribution in [0.15, 0.2) is 43.7 Å². The molecule has 0 aliphatic rings. The van der Waals surface area contributed by atoms with E-state index in [0.29, 0.717) is 6.54 Å². The third-order valence-corrected chi connectivity index (χ3v) is 4.29. The standard InChI is InChI=1S/C15H17Br2NO2.ClH/c1-2-11(9-19)18-8-12-4-6-15(20-12)13-5-3-10(16)7-14(13)17;/h3-7,11,18-19H,2,8-9H2,1H3;1H. The summed E-state index contributed by atoms with van der Waals surface area (Å²) < 4.78 is 7.85. The second-order valence-corrected chi connectivity index (χ2v) is 6.33. The summed E-state index contributed by atoms with van der Waals surface area (Å²) >= 11 is 6.98. The molecule has 6 heteroatoms. The second-order valence-electron chi connectivity index (χ2n) is 4.56. The van der Waals surface area contributed by atoms with Gasteiger partial charge in [-0.05, 0) is 52.7 Å². The lowest BCUT2D eigenvalue weighted by Gasteiger charge is -2.12. The highest BCUT2D eigenvalue weighted by molar-refractivity contribution is 9.11. The summed E-state index contributed by atoms with van der Waals surface area (Å²) in [5, 5.41) is 12.4. The normalized spacial score (nSPS) is 12.0. The van der Waals surface area contributed by atoms with E-state index < -0.39 is 0 Å². The smallest absolute Gasteiger partial charge is 0.135 e. The minimum Gasteiger partial charge on any atom is -0.460 e. The molecule has 0 aliphatic heterocycles. The lowest BCUT2D eigenvalue weighted by Crippen LogP contribution is -2.30. The van der Waals surface area contributed by atoms with Crippen LogP contribution in [0.1, 0.15) is 19.1 Å². The van der Waals surface area contributed by atoms with Crippen molar-refractivity contribution in [3.63, 3.8) is 0 Å². The molecule has 1 unspecified atom stereocenters. The first-order valence-electron chi connectivity index (χ1n) is 6.52. The first kappa shape index (κ1) is 18.7. The van der Waals surface area contributed by atoms with Gasteiger partial charge in [0, 0.05) is 20.6 Å². The molecule has 1 aromatic carbocycles. The van der Waals surface area contributed by atoms with Crippen LogP contribution in [-0.4, -0.2) is 17.8 Å². The second kappa shape index (κ2) is 8.96. The fourth-order valence-corrected chi connectivity index (χ4v) is 3.13. The van der Waals surface area contributed by atoms with E-state index in [0.717, 1.165) is 32.5 Å². The highest BCUT2D eigenvalue weighted by atomic mass is 79.9. The number of aliphatic hydroxyl groups excluding tert-OH is 1. The van der Waals surface area contributed by atoms with Gasteiger partial charge < -0.3 is 14.8 Å². The number of nitrogens with one attached hydrogen (secondary N) is 1. The van der Waals surface area contributed by atoms with Gasteiger partial charge in [-0.25, -0.2) is 0 Å². The lowest BCUT2D eigenvalue weighted by atomic mass is 10.2. The number of benzene rings is 1. The quantitative estimate of drug-likeness (QED) is 0.683. The molecule has 3 nitrogen and oxygen atoms in total. The summed E-state index contributed by atoms with van der Waals surface area (Å²) in [6.45, 7) is 2.80. The van der Waals surface area contributed by atoms with E-state index in [1.54, 1.807) is 0 Å². The molecular formula is C15H18Br2ClNO2. The van der Waals surface area contributed by atoms with E-state index in [9.17, 15) is 0 Å². The van der Waals surface area contributed by atoms with Crippen molar-refractivity contribution in [3.8, 4) is 11.3 Å². The SMILES string of the molecule is CCC(CO)NCc1ccc(-c2ccc(Br)cc2Br)o1.Cl. The van der Waals surface area contributed by atoms with Crippen LogP contribution in [-0.2, 0) is 6.54 Å². The van der Waals surface area contributed by atoms with Crippen LogP contribution in [0, 0.1) is 0 Å². The number of hydrogen-bond donors (Lipinski definition) is 2. The molecule has 0 fully saturated rings. The molecule has 0 aliphatic carbocycles. The molecule has 0 bridgehead atoms. The Kier molecular flexibility index (Phi) is 7.98. The first-order chi connectivity index (χ1) is 9.63. The topological polar surface area (TPSA) is 45.4 Å². The fourth-order valence-electron chi connectivity index (χ4n) is 1.89. The Labute approximate surface area is 147 Å². The molecular weight excluding hydrogens is 421 g/mol. The molecule has 21 heavy (non-hydrogen) atoms. The Hall–Kier alpha value is -0.330. The summed E-state index contributed by atoms with van der Waals surface area (Å²) in [5.74, 6) is 1.69. The van der Waals surface area contributed by atoms with Gasteiger partial charge in [-0.1, -0.05) is 22.9 Å². The van der Waals surface area contributed by atoms with Crippen molar-refractivity contribution in [3.05, 3.63) is 45.0 Å². The van der Waals surface area contributed by atoms with E-state index in [2.05, 4.69) is 37.2 Å². The third-order valence-electron chi connectivity index (χ3n) is 3.14. The molecule has 1 heterocycles. The summed E-state index contributed by atoms with van der Waals surface area (Å²) in [5.41, 5.74) is 1.02. The van der Waals surface area contributed by atoms with Crippen LogP contribution >= 0.6 is 44.3 Å². The zero-order valence-corrected chi connectivity index (χ0v) is 15.6. The van der Waals surface area contributed by atoms with Gasteiger partial charge in [-0.15, -0.1) is 12.4 Å². The van der Waals surface area contributed by atoms with Gasteiger partial charge in [-0.2, -0.15) is 0 Å². The van der Waals surface area contributed by atoms with Crippen molar-refractivity contribution in [2.45, 2.75) is 25.9 Å². The van der Waals surface area contributed by atoms with Crippen LogP contribution in [0.4, 0.5) is 0 Å². The predicted octanol–water partition coefficient (Wildman–Crippen LogP) is 4.75. The number of rotatable bonds is 6. The Bertz CT molecular complexity index is 571. The molecule has 2 aromatic rings. The number of hydrogen-bond acceptors (Lipinski definition) is 3. The van der Waals surface area contributed by atoms with Crippen molar-refractivity contribution in [1.82, 2.24) is 5.32 Å². The van der Waals surface area contributed by atoms with Crippen LogP contribution in [0.2, 0.25) is 0 Å². The highest BCUT2D eigenvalue weighted by Gasteiger charge is 2.10. The monoisotopic (exact) mass is 437 g/mol. The molecule has 1 aromatic heterocycles. The van der Waals surface area contributed by atoms with E-state index >= 15 is 0 Å². The Morgan fingerprint density at radius 2 is 2.00 bits per heavy atom. The van der Waals surface area contributed by atoms with Gasteiger partial charge >= 0.3 is 0 Å². The number of furan rings is 1. The summed E-state index contributed by atoms with van der Waals surface area (Å²) in [6.07, 6.45) is 0.891. The average molecular weight is 440 g/mol. The summed E-state index contributed by atoms with van der Waals surface area (Å²) in [4.78, 5) is 0. The molecule has 116 valence electrons. The minimum atomic E-state index is 0. The largest absolute Gasteiger partial charge is 0.460 e. The van der Waals surface area contributed by atoms with Crippen molar-refractivity contribution in [1.29, 1.82) is 0 Å². The summed E-state index contributed by atoms with van der Waals surface area (Å²) in [7, 11) is 0.